The van der Waals surface area contributed by atoms with Gasteiger partial charge in [-0.1, -0.05) is 18.5 Å². The lowest BCUT2D eigenvalue weighted by atomic mass is 9.85. The molecule has 2 rings (SSSR count). The summed E-state index contributed by atoms with van der Waals surface area (Å²) in [4.78, 5) is 4.02. The Balaban J connectivity index is 1.90. The van der Waals surface area contributed by atoms with Gasteiger partial charge in [-0.15, -0.1) is 0 Å². The van der Waals surface area contributed by atoms with Crippen LogP contribution in [0.5, 0.6) is 5.75 Å². The van der Waals surface area contributed by atoms with E-state index in [0.717, 1.165) is 19.4 Å². The summed E-state index contributed by atoms with van der Waals surface area (Å²) < 4.78 is 11.7. The zero-order valence-electron chi connectivity index (χ0n) is 11.4. The smallest absolute Gasteiger partial charge is 0.139 e. The normalized spacial score (nSPS) is 25.9. The van der Waals surface area contributed by atoms with Gasteiger partial charge in [-0.3, -0.25) is 4.98 Å². The average Bonchev–Trinajstić information content (AvgIpc) is 2.39. The summed E-state index contributed by atoms with van der Waals surface area (Å²) >= 11 is 5.90. The third-order valence-corrected chi connectivity index (χ3v) is 3.44. The van der Waals surface area contributed by atoms with E-state index in [9.17, 15) is 0 Å². The molecule has 0 bridgehead atoms. The second-order valence-electron chi connectivity index (χ2n) is 4.71. The lowest BCUT2D eigenvalue weighted by Crippen LogP contribution is -2.61. The van der Waals surface area contributed by atoms with Gasteiger partial charge in [-0.05, 0) is 19.9 Å². The Morgan fingerprint density at radius 1 is 1.42 bits per heavy atom. The van der Waals surface area contributed by atoms with Crippen LogP contribution < -0.4 is 10.1 Å². The molecular formula is C14H21ClN2O2. The Morgan fingerprint density at radius 3 is 2.95 bits per heavy atom. The molecule has 0 radical (unpaired) electrons. The van der Waals surface area contributed by atoms with E-state index in [0.29, 0.717) is 23.4 Å². The molecule has 1 aromatic heterocycles. The van der Waals surface area contributed by atoms with Crippen molar-refractivity contribution in [3.05, 3.63) is 23.5 Å². The largest absolute Gasteiger partial charge is 0.486 e. The molecule has 1 saturated carbocycles. The number of hydrogen-bond acceptors (Lipinski definition) is 4. The monoisotopic (exact) mass is 284 g/mol. The molecule has 0 aliphatic heterocycles. The second kappa shape index (κ2) is 7.08. The van der Waals surface area contributed by atoms with Crippen molar-refractivity contribution in [3.63, 3.8) is 0 Å². The first-order chi connectivity index (χ1) is 9.24. The van der Waals surface area contributed by atoms with Crippen molar-refractivity contribution in [2.45, 2.75) is 44.9 Å². The highest BCUT2D eigenvalue weighted by Crippen LogP contribution is 2.29. The maximum Gasteiger partial charge on any atom is 0.139 e. The molecule has 1 N–H and O–H groups in total. The molecular weight excluding hydrogens is 264 g/mol. The van der Waals surface area contributed by atoms with E-state index in [1.807, 2.05) is 6.92 Å². The molecule has 1 heterocycles. The molecule has 1 fully saturated rings. The molecule has 0 amide bonds. The molecule has 106 valence electrons. The minimum absolute atomic E-state index is 0.0783. The summed E-state index contributed by atoms with van der Waals surface area (Å²) in [5.41, 5.74) is 0. The minimum atomic E-state index is 0.0783. The van der Waals surface area contributed by atoms with Gasteiger partial charge < -0.3 is 14.8 Å². The number of rotatable bonds is 7. The molecule has 5 heteroatoms. The van der Waals surface area contributed by atoms with Crippen LogP contribution in [0.15, 0.2) is 18.5 Å². The summed E-state index contributed by atoms with van der Waals surface area (Å²) in [6.07, 6.45) is 5.55. The van der Waals surface area contributed by atoms with Crippen LogP contribution in [0.1, 0.15) is 26.7 Å². The molecule has 1 aliphatic carbocycles. The third kappa shape index (κ3) is 3.81. The summed E-state index contributed by atoms with van der Waals surface area (Å²) in [7, 11) is 0. The summed E-state index contributed by atoms with van der Waals surface area (Å²) in [6.45, 7) is 5.88. The predicted octanol–water partition coefficient (Wildman–Crippen LogP) is 2.66. The molecule has 3 atom stereocenters. The summed E-state index contributed by atoms with van der Waals surface area (Å²) in [6, 6.07) is 2.17. The highest BCUT2D eigenvalue weighted by molar-refractivity contribution is 6.30. The maximum atomic E-state index is 5.90. The molecule has 0 aromatic carbocycles. The third-order valence-electron chi connectivity index (χ3n) is 3.23. The van der Waals surface area contributed by atoms with Gasteiger partial charge in [-0.25, -0.2) is 0 Å². The standard InChI is InChI=1S/C14H21ClN2O2/c1-3-5-17-12-7-13(14(12)18-4-2)19-11-6-10(15)8-16-9-11/h6,8-9,12-14,17H,3-5,7H2,1-2H3. The van der Waals surface area contributed by atoms with Gasteiger partial charge in [0.25, 0.3) is 0 Å². The van der Waals surface area contributed by atoms with E-state index < -0.39 is 0 Å². The van der Waals surface area contributed by atoms with Crippen molar-refractivity contribution in [2.75, 3.05) is 13.2 Å². The molecule has 4 nitrogen and oxygen atoms in total. The lowest BCUT2D eigenvalue weighted by Gasteiger charge is -2.44. The maximum absolute atomic E-state index is 5.90. The van der Waals surface area contributed by atoms with Crippen LogP contribution in [0, 0.1) is 0 Å². The SMILES string of the molecule is CCCNC1CC(Oc2cncc(Cl)c2)C1OCC. The molecule has 1 aliphatic rings. The Morgan fingerprint density at radius 2 is 2.26 bits per heavy atom. The first kappa shape index (κ1) is 14.6. The van der Waals surface area contributed by atoms with Gasteiger partial charge in [0.2, 0.25) is 0 Å². The number of aromatic nitrogens is 1. The van der Waals surface area contributed by atoms with Crippen LogP contribution >= 0.6 is 11.6 Å². The van der Waals surface area contributed by atoms with E-state index in [2.05, 4.69) is 17.2 Å². The summed E-state index contributed by atoms with van der Waals surface area (Å²) in [5.74, 6) is 0.705. The average molecular weight is 285 g/mol. The Labute approximate surface area is 119 Å². The first-order valence-corrected chi connectivity index (χ1v) is 7.24. The van der Waals surface area contributed by atoms with Gasteiger partial charge in [0.05, 0.1) is 11.2 Å². The van der Waals surface area contributed by atoms with E-state index in [1.165, 1.54) is 0 Å². The van der Waals surface area contributed by atoms with Crippen LogP contribution in [-0.4, -0.2) is 36.4 Å². The number of ether oxygens (including phenoxy) is 2. The molecule has 19 heavy (non-hydrogen) atoms. The van der Waals surface area contributed by atoms with E-state index in [1.54, 1.807) is 18.5 Å². The lowest BCUT2D eigenvalue weighted by molar-refractivity contribution is -0.104. The van der Waals surface area contributed by atoms with Crippen LogP contribution in [0.25, 0.3) is 0 Å². The molecule has 1 aromatic rings. The Kier molecular flexibility index (Phi) is 5.43. The molecule has 3 unspecified atom stereocenters. The quantitative estimate of drug-likeness (QED) is 0.836. The number of hydrogen-bond donors (Lipinski definition) is 1. The van der Waals surface area contributed by atoms with Crippen LogP contribution in [0.3, 0.4) is 0 Å². The zero-order valence-corrected chi connectivity index (χ0v) is 12.2. The fourth-order valence-corrected chi connectivity index (χ4v) is 2.44. The van der Waals surface area contributed by atoms with E-state index >= 15 is 0 Å². The molecule has 0 saturated heterocycles. The van der Waals surface area contributed by atoms with Crippen molar-refractivity contribution in [1.82, 2.24) is 10.3 Å². The topological polar surface area (TPSA) is 43.4 Å². The Hall–Kier alpha value is -0.840. The predicted molar refractivity (Wildman–Crippen MR) is 75.8 cm³/mol. The van der Waals surface area contributed by atoms with Gasteiger partial charge >= 0.3 is 0 Å². The number of pyridine rings is 1. The van der Waals surface area contributed by atoms with Crippen molar-refractivity contribution >= 4 is 11.6 Å². The minimum Gasteiger partial charge on any atom is -0.486 e. The summed E-state index contributed by atoms with van der Waals surface area (Å²) in [5, 5.41) is 4.07. The first-order valence-electron chi connectivity index (χ1n) is 6.86. The van der Waals surface area contributed by atoms with Crippen LogP contribution in [-0.2, 0) is 4.74 Å². The number of halogens is 1. The van der Waals surface area contributed by atoms with Crippen LogP contribution in [0.2, 0.25) is 5.02 Å². The van der Waals surface area contributed by atoms with Gasteiger partial charge in [0, 0.05) is 31.3 Å². The number of nitrogens with zero attached hydrogens (tertiary/aromatic N) is 1. The fraction of sp³-hybridized carbons (Fsp3) is 0.643. The van der Waals surface area contributed by atoms with Crippen molar-refractivity contribution < 1.29 is 9.47 Å². The second-order valence-corrected chi connectivity index (χ2v) is 5.15. The zero-order chi connectivity index (χ0) is 13.7. The van der Waals surface area contributed by atoms with Gasteiger partial charge in [0.15, 0.2) is 0 Å². The fourth-order valence-electron chi connectivity index (χ4n) is 2.27. The van der Waals surface area contributed by atoms with Crippen molar-refractivity contribution in [2.24, 2.45) is 0 Å². The highest BCUT2D eigenvalue weighted by atomic mass is 35.5. The van der Waals surface area contributed by atoms with Crippen LogP contribution in [0.4, 0.5) is 0 Å². The van der Waals surface area contributed by atoms with Crippen molar-refractivity contribution in [1.29, 1.82) is 0 Å². The van der Waals surface area contributed by atoms with Gasteiger partial charge in [0.1, 0.15) is 18.0 Å². The van der Waals surface area contributed by atoms with E-state index in [4.69, 9.17) is 21.1 Å². The van der Waals surface area contributed by atoms with Gasteiger partial charge in [-0.2, -0.15) is 0 Å². The molecule has 0 spiro atoms. The Bertz CT molecular complexity index is 403. The number of nitrogens with one attached hydrogen (secondary N) is 1. The van der Waals surface area contributed by atoms with E-state index in [-0.39, 0.29) is 12.2 Å². The van der Waals surface area contributed by atoms with Crippen molar-refractivity contribution in [3.8, 4) is 5.75 Å². The highest BCUT2D eigenvalue weighted by Gasteiger charge is 2.43.